The fourth-order valence-corrected chi connectivity index (χ4v) is 8.12. The van der Waals surface area contributed by atoms with Gasteiger partial charge in [0.25, 0.3) is 0 Å². The number of hydrogen-bond donors (Lipinski definition) is 0. The zero-order valence-electron chi connectivity index (χ0n) is 43.2. The van der Waals surface area contributed by atoms with Gasteiger partial charge in [-0.25, -0.2) is 19.2 Å². The van der Waals surface area contributed by atoms with Gasteiger partial charge >= 0.3 is 23.9 Å². The SMILES string of the molecule is COC(=O)COc1c2cc(C(C)(C)C)cc1Cc1cc(C(C)(C)C)cc(c1OCC(=O)OC)Cc1cc(C(C)(C)C)cc(c1OCC(=O)OC)Cc1cc(C(C)(C)C)cc(c1OCC(=O)OC)C2. The number of fused-ring (bicyclic) bond motifs is 8. The second-order valence-corrected chi connectivity index (χ2v) is 21.7. The smallest absolute Gasteiger partial charge is 0.343 e. The summed E-state index contributed by atoms with van der Waals surface area (Å²) in [6, 6.07) is 16.9. The number of carbonyl (C=O) groups excluding carboxylic acids is 4. The lowest BCUT2D eigenvalue weighted by Crippen LogP contribution is -2.20. The lowest BCUT2D eigenvalue weighted by molar-refractivity contribution is -0.143. The summed E-state index contributed by atoms with van der Waals surface area (Å²) in [5.74, 6) is -0.276. The zero-order valence-corrected chi connectivity index (χ0v) is 43.2. The molecule has 8 bridgehead atoms. The summed E-state index contributed by atoms with van der Waals surface area (Å²) in [6.07, 6.45) is 1.05. The Morgan fingerprint density at radius 1 is 0.324 bits per heavy atom. The molecule has 0 aromatic heterocycles. The van der Waals surface area contributed by atoms with Crippen LogP contribution >= 0.6 is 0 Å². The summed E-state index contributed by atoms with van der Waals surface area (Å²) in [6.45, 7) is 24.3. The monoisotopic (exact) mass is 937 g/mol. The van der Waals surface area contributed by atoms with Gasteiger partial charge < -0.3 is 37.9 Å². The summed E-state index contributed by atoms with van der Waals surface area (Å²) in [5, 5.41) is 0. The van der Waals surface area contributed by atoms with E-state index >= 15 is 0 Å². The molecule has 4 aromatic carbocycles. The van der Waals surface area contributed by atoms with Crippen LogP contribution < -0.4 is 18.9 Å². The number of esters is 4. The fourth-order valence-electron chi connectivity index (χ4n) is 8.12. The molecule has 1 aliphatic rings. The minimum atomic E-state index is -0.553. The molecule has 0 aliphatic heterocycles. The maximum absolute atomic E-state index is 12.9. The van der Waals surface area contributed by atoms with Crippen LogP contribution in [0.2, 0.25) is 0 Å². The molecule has 0 radical (unpaired) electrons. The van der Waals surface area contributed by atoms with Gasteiger partial charge in [-0.1, -0.05) is 132 Å². The van der Waals surface area contributed by atoms with E-state index in [-0.39, 0.29) is 73.8 Å². The van der Waals surface area contributed by atoms with E-state index in [0.29, 0.717) is 23.0 Å². The van der Waals surface area contributed by atoms with E-state index in [9.17, 15) is 19.2 Å². The fraction of sp³-hybridized carbons (Fsp3) is 0.500. The first-order valence-electron chi connectivity index (χ1n) is 23.1. The van der Waals surface area contributed by atoms with Gasteiger partial charge in [-0.15, -0.1) is 0 Å². The summed E-state index contributed by atoms with van der Waals surface area (Å²) in [5.41, 5.74) is 8.84. The standard InChI is InChI=1S/C56H72O12/c1-53(2,3)41-21-33-17-35-23-42(54(4,5)6)25-37(50(35)66-30-46(58)62-14)19-39-27-44(56(10,11)12)28-40(52(39)68-32-48(60)64-16)20-38-26-43(55(7,8)9)24-36(51(38)67-31-47(59)63-15)18-34(22-41)49(33)65-29-45(57)61-13/h21-28H,17-20,29-32H2,1-16H3. The van der Waals surface area contributed by atoms with E-state index in [1.807, 2.05) is 0 Å². The van der Waals surface area contributed by atoms with Gasteiger partial charge in [-0.3, -0.25) is 0 Å². The van der Waals surface area contributed by atoms with Gasteiger partial charge in [0.2, 0.25) is 0 Å². The Bertz CT molecular complexity index is 2080. The second kappa shape index (κ2) is 21.1. The van der Waals surface area contributed by atoms with E-state index in [2.05, 4.69) is 132 Å². The van der Waals surface area contributed by atoms with Crippen LogP contribution in [-0.4, -0.2) is 78.7 Å². The first-order chi connectivity index (χ1) is 31.7. The van der Waals surface area contributed by atoms with E-state index in [0.717, 1.165) is 66.8 Å². The molecule has 0 heterocycles. The third-order valence-corrected chi connectivity index (χ3v) is 12.2. The molecule has 4 aromatic rings. The molecule has 5 rings (SSSR count). The van der Waals surface area contributed by atoms with Crippen LogP contribution in [0, 0.1) is 0 Å². The van der Waals surface area contributed by atoms with Crippen LogP contribution in [0.5, 0.6) is 23.0 Å². The van der Waals surface area contributed by atoms with E-state index < -0.39 is 23.9 Å². The predicted molar refractivity (Wildman–Crippen MR) is 262 cm³/mol. The normalized spacial score (nSPS) is 12.9. The molecule has 368 valence electrons. The van der Waals surface area contributed by atoms with Gasteiger partial charge in [-0.05, 0) is 88.4 Å². The Morgan fingerprint density at radius 3 is 0.588 bits per heavy atom. The lowest BCUT2D eigenvalue weighted by atomic mass is 9.79. The van der Waals surface area contributed by atoms with Crippen molar-refractivity contribution < 1.29 is 57.1 Å². The number of hydrogen-bond acceptors (Lipinski definition) is 12. The van der Waals surface area contributed by atoms with Crippen LogP contribution in [0.15, 0.2) is 48.5 Å². The summed E-state index contributed by atoms with van der Waals surface area (Å²) >= 11 is 0. The number of carbonyl (C=O) groups is 4. The lowest BCUT2D eigenvalue weighted by Gasteiger charge is -2.29. The molecule has 0 spiro atoms. The minimum absolute atomic E-state index is 0.263. The number of rotatable bonds is 12. The Labute approximate surface area is 403 Å². The average Bonchev–Trinajstić information content (AvgIpc) is 3.25. The third-order valence-electron chi connectivity index (χ3n) is 12.2. The highest BCUT2D eigenvalue weighted by Crippen LogP contribution is 2.44. The van der Waals surface area contributed by atoms with Crippen LogP contribution in [0.1, 0.15) is 150 Å². The van der Waals surface area contributed by atoms with Crippen LogP contribution in [0.4, 0.5) is 0 Å². The van der Waals surface area contributed by atoms with Crippen molar-refractivity contribution in [1.29, 1.82) is 0 Å². The molecule has 12 nitrogen and oxygen atoms in total. The molecule has 0 N–H and O–H groups in total. The predicted octanol–water partition coefficient (Wildman–Crippen LogP) is 9.76. The van der Waals surface area contributed by atoms with Crippen LogP contribution in [0.25, 0.3) is 0 Å². The number of ether oxygens (including phenoxy) is 8. The van der Waals surface area contributed by atoms with Crippen molar-refractivity contribution in [2.24, 2.45) is 0 Å². The maximum atomic E-state index is 12.9. The molecule has 12 heteroatoms. The molecular weight excluding hydrogens is 865 g/mol. The average molecular weight is 937 g/mol. The van der Waals surface area contributed by atoms with Gasteiger partial charge in [0.1, 0.15) is 23.0 Å². The number of methoxy groups -OCH3 is 4. The second-order valence-electron chi connectivity index (χ2n) is 21.7. The molecule has 0 amide bonds. The van der Waals surface area contributed by atoms with Crippen molar-refractivity contribution in [3.05, 3.63) is 115 Å². The molecule has 0 unspecified atom stereocenters. The first kappa shape index (κ1) is 52.9. The topological polar surface area (TPSA) is 142 Å². The first-order valence-corrected chi connectivity index (χ1v) is 23.1. The highest BCUT2D eigenvalue weighted by molar-refractivity contribution is 5.73. The van der Waals surface area contributed by atoms with Gasteiger partial charge in [0.05, 0.1) is 28.4 Å². The van der Waals surface area contributed by atoms with Crippen LogP contribution in [0.3, 0.4) is 0 Å². The van der Waals surface area contributed by atoms with Gasteiger partial charge in [-0.2, -0.15) is 0 Å². The number of benzene rings is 4. The van der Waals surface area contributed by atoms with Crippen LogP contribution in [-0.2, 0) is 85.5 Å². The van der Waals surface area contributed by atoms with E-state index in [1.165, 1.54) is 28.4 Å². The van der Waals surface area contributed by atoms with Crippen molar-refractivity contribution in [3.63, 3.8) is 0 Å². The Balaban J connectivity index is 2.05. The zero-order chi connectivity index (χ0) is 50.5. The summed E-state index contributed by atoms with van der Waals surface area (Å²) in [7, 11) is 5.28. The maximum Gasteiger partial charge on any atom is 0.343 e. The Morgan fingerprint density at radius 2 is 0.471 bits per heavy atom. The van der Waals surface area contributed by atoms with Crippen molar-refractivity contribution in [1.82, 2.24) is 0 Å². The molecular formula is C56H72O12. The molecule has 1 aliphatic carbocycles. The van der Waals surface area contributed by atoms with Gasteiger partial charge in [0.15, 0.2) is 26.4 Å². The summed E-state index contributed by atoms with van der Waals surface area (Å²) in [4.78, 5) is 51.7. The van der Waals surface area contributed by atoms with Gasteiger partial charge in [0, 0.05) is 25.7 Å². The highest BCUT2D eigenvalue weighted by Gasteiger charge is 2.30. The molecule has 0 fully saturated rings. The summed E-state index contributed by atoms with van der Waals surface area (Å²) < 4.78 is 46.7. The molecule has 0 saturated carbocycles. The Hall–Kier alpha value is -6.04. The largest absolute Gasteiger partial charge is 0.481 e. The molecule has 68 heavy (non-hydrogen) atoms. The Kier molecular flexibility index (Phi) is 16.4. The third kappa shape index (κ3) is 13.1. The highest BCUT2D eigenvalue weighted by atomic mass is 16.6. The van der Waals surface area contributed by atoms with Crippen molar-refractivity contribution in [2.45, 2.75) is 130 Å². The molecule has 0 atom stereocenters. The van der Waals surface area contributed by atoms with E-state index in [1.54, 1.807) is 0 Å². The quantitative estimate of drug-likeness (QED) is 0.0869. The molecule has 0 saturated heterocycles. The van der Waals surface area contributed by atoms with Crippen molar-refractivity contribution >= 4 is 23.9 Å². The van der Waals surface area contributed by atoms with Crippen molar-refractivity contribution in [2.75, 3.05) is 54.9 Å². The van der Waals surface area contributed by atoms with Crippen molar-refractivity contribution in [3.8, 4) is 23.0 Å². The minimum Gasteiger partial charge on any atom is -0.481 e. The van der Waals surface area contributed by atoms with E-state index in [4.69, 9.17) is 37.9 Å².